The summed E-state index contributed by atoms with van der Waals surface area (Å²) in [5.41, 5.74) is 6.37. The third-order valence-electron chi connectivity index (χ3n) is 1.86. The number of nitrogens with one attached hydrogen (secondary N) is 3. The smallest absolute Gasteiger partial charge is 0.353 e. The maximum atomic E-state index is 10.6. The SMILES string of the molecule is CNN/C(=C\C(=N)C(=O)O)c1ccccc1. The van der Waals surface area contributed by atoms with Crippen molar-refractivity contribution >= 4 is 17.4 Å². The van der Waals surface area contributed by atoms with E-state index in [1.165, 1.54) is 6.08 Å². The number of hydrazine groups is 1. The summed E-state index contributed by atoms with van der Waals surface area (Å²) in [4.78, 5) is 10.6. The Balaban J connectivity index is 3.00. The summed E-state index contributed by atoms with van der Waals surface area (Å²) < 4.78 is 0. The summed E-state index contributed by atoms with van der Waals surface area (Å²) in [6.45, 7) is 0. The van der Waals surface area contributed by atoms with Crippen molar-refractivity contribution in [2.75, 3.05) is 7.05 Å². The van der Waals surface area contributed by atoms with Gasteiger partial charge in [-0.15, -0.1) is 0 Å². The van der Waals surface area contributed by atoms with Crippen molar-refractivity contribution in [1.82, 2.24) is 10.9 Å². The molecule has 0 bridgehead atoms. The lowest BCUT2D eigenvalue weighted by molar-refractivity contribution is -0.129. The number of benzene rings is 1. The molecule has 0 unspecified atom stereocenters. The Kier molecular flexibility index (Phi) is 4.23. The fraction of sp³-hybridized carbons (Fsp3) is 0.0909. The molecule has 1 aromatic rings. The van der Waals surface area contributed by atoms with Crippen LogP contribution in [0.4, 0.5) is 0 Å². The average molecular weight is 219 g/mol. The summed E-state index contributed by atoms with van der Waals surface area (Å²) in [5.74, 6) is -1.26. The molecule has 0 spiro atoms. The van der Waals surface area contributed by atoms with Gasteiger partial charge in [-0.25, -0.2) is 10.2 Å². The molecule has 5 nitrogen and oxygen atoms in total. The molecule has 1 aromatic carbocycles. The molecule has 0 radical (unpaired) electrons. The molecule has 0 atom stereocenters. The van der Waals surface area contributed by atoms with Gasteiger partial charge in [-0.05, 0) is 11.6 Å². The van der Waals surface area contributed by atoms with Crippen LogP contribution in [0, 0.1) is 5.41 Å². The lowest BCUT2D eigenvalue weighted by atomic mass is 10.1. The third-order valence-corrected chi connectivity index (χ3v) is 1.86. The zero-order valence-corrected chi connectivity index (χ0v) is 8.82. The molecule has 16 heavy (non-hydrogen) atoms. The van der Waals surface area contributed by atoms with Gasteiger partial charge in [0.05, 0.1) is 5.70 Å². The van der Waals surface area contributed by atoms with Crippen LogP contribution in [0.3, 0.4) is 0 Å². The number of aliphatic carboxylic acids is 1. The molecule has 0 aliphatic heterocycles. The van der Waals surface area contributed by atoms with Crippen LogP contribution in [0.15, 0.2) is 36.4 Å². The van der Waals surface area contributed by atoms with Crippen molar-refractivity contribution in [1.29, 1.82) is 5.41 Å². The molecular formula is C11H13N3O2. The second-order valence-corrected chi connectivity index (χ2v) is 3.02. The average Bonchev–Trinajstić information content (AvgIpc) is 2.29. The van der Waals surface area contributed by atoms with E-state index in [4.69, 9.17) is 10.5 Å². The Hall–Kier alpha value is -2.14. The van der Waals surface area contributed by atoms with Crippen molar-refractivity contribution in [2.24, 2.45) is 0 Å². The highest BCUT2D eigenvalue weighted by atomic mass is 16.4. The Labute approximate surface area is 93.3 Å². The molecule has 0 heterocycles. The van der Waals surface area contributed by atoms with Crippen LogP contribution in [0.2, 0.25) is 0 Å². The summed E-state index contributed by atoms with van der Waals surface area (Å²) in [6.07, 6.45) is 1.26. The number of carboxylic acids is 1. The van der Waals surface area contributed by atoms with Gasteiger partial charge < -0.3 is 10.5 Å². The van der Waals surface area contributed by atoms with E-state index in [1.807, 2.05) is 30.3 Å². The molecule has 0 saturated heterocycles. The van der Waals surface area contributed by atoms with E-state index >= 15 is 0 Å². The van der Waals surface area contributed by atoms with E-state index in [1.54, 1.807) is 7.05 Å². The maximum absolute atomic E-state index is 10.6. The molecule has 84 valence electrons. The predicted molar refractivity (Wildman–Crippen MR) is 62.0 cm³/mol. The number of hydrogen-bond acceptors (Lipinski definition) is 4. The normalized spacial score (nSPS) is 10.9. The minimum absolute atomic E-state index is 0.471. The highest BCUT2D eigenvalue weighted by Crippen LogP contribution is 2.09. The molecule has 0 aromatic heterocycles. The van der Waals surface area contributed by atoms with E-state index in [9.17, 15) is 4.79 Å². The van der Waals surface area contributed by atoms with Gasteiger partial charge in [0.1, 0.15) is 5.71 Å². The second kappa shape index (κ2) is 5.67. The molecule has 0 amide bonds. The monoisotopic (exact) mass is 219 g/mol. The lowest BCUT2D eigenvalue weighted by Gasteiger charge is -2.09. The van der Waals surface area contributed by atoms with Crippen LogP contribution in [-0.4, -0.2) is 23.8 Å². The first-order chi connectivity index (χ1) is 7.65. The van der Waals surface area contributed by atoms with Crippen LogP contribution in [0.25, 0.3) is 5.70 Å². The molecular weight excluding hydrogens is 206 g/mol. The van der Waals surface area contributed by atoms with Crippen LogP contribution in [0.1, 0.15) is 5.56 Å². The number of hydrogen-bond donors (Lipinski definition) is 4. The van der Waals surface area contributed by atoms with Crippen molar-refractivity contribution in [3.8, 4) is 0 Å². The zero-order valence-electron chi connectivity index (χ0n) is 8.82. The van der Waals surface area contributed by atoms with Gasteiger partial charge in [0.2, 0.25) is 0 Å². The van der Waals surface area contributed by atoms with Gasteiger partial charge in [-0.3, -0.25) is 5.41 Å². The maximum Gasteiger partial charge on any atom is 0.353 e. The Bertz CT molecular complexity index is 412. The zero-order chi connectivity index (χ0) is 12.0. The van der Waals surface area contributed by atoms with Crippen molar-refractivity contribution < 1.29 is 9.90 Å². The molecule has 4 N–H and O–H groups in total. The fourth-order valence-corrected chi connectivity index (χ4v) is 1.15. The summed E-state index contributed by atoms with van der Waals surface area (Å²) in [5, 5.41) is 15.9. The number of rotatable bonds is 5. The van der Waals surface area contributed by atoms with Crippen molar-refractivity contribution in [3.63, 3.8) is 0 Å². The second-order valence-electron chi connectivity index (χ2n) is 3.02. The summed E-state index contributed by atoms with van der Waals surface area (Å²) in [6, 6.07) is 9.19. The highest BCUT2D eigenvalue weighted by Gasteiger charge is 2.06. The number of carbonyl (C=O) groups is 1. The van der Waals surface area contributed by atoms with Crippen molar-refractivity contribution in [3.05, 3.63) is 42.0 Å². The predicted octanol–water partition coefficient (Wildman–Crippen LogP) is 0.856. The van der Waals surface area contributed by atoms with Gasteiger partial charge >= 0.3 is 5.97 Å². The van der Waals surface area contributed by atoms with E-state index < -0.39 is 11.7 Å². The molecule has 1 rings (SSSR count). The van der Waals surface area contributed by atoms with Crippen molar-refractivity contribution in [2.45, 2.75) is 0 Å². The molecule has 0 aliphatic carbocycles. The van der Waals surface area contributed by atoms with E-state index in [2.05, 4.69) is 10.9 Å². The first kappa shape index (κ1) is 11.9. The topological polar surface area (TPSA) is 85.2 Å². The largest absolute Gasteiger partial charge is 0.477 e. The third kappa shape index (κ3) is 3.21. The van der Waals surface area contributed by atoms with Crippen LogP contribution >= 0.6 is 0 Å². The first-order valence-corrected chi connectivity index (χ1v) is 4.67. The number of carboxylic acid groups (broad SMARTS) is 1. The van der Waals surface area contributed by atoms with E-state index in [-0.39, 0.29) is 0 Å². The minimum Gasteiger partial charge on any atom is -0.477 e. The summed E-state index contributed by atoms with van der Waals surface area (Å²) in [7, 11) is 1.67. The van der Waals surface area contributed by atoms with Gasteiger partial charge in [0, 0.05) is 7.05 Å². The van der Waals surface area contributed by atoms with Gasteiger partial charge in [0.25, 0.3) is 0 Å². The fourth-order valence-electron chi connectivity index (χ4n) is 1.15. The van der Waals surface area contributed by atoms with E-state index in [0.717, 1.165) is 5.56 Å². The van der Waals surface area contributed by atoms with Crippen LogP contribution in [0.5, 0.6) is 0 Å². The van der Waals surface area contributed by atoms with Crippen LogP contribution in [-0.2, 0) is 4.79 Å². The molecule has 5 heteroatoms. The molecule has 0 fully saturated rings. The Morgan fingerprint density at radius 3 is 2.50 bits per heavy atom. The standard InChI is InChI=1S/C11H13N3O2/c1-13-14-10(7-9(12)11(15)16)8-5-3-2-4-6-8/h2-7,12-14H,1H3,(H,15,16)/b10-7-,12-9?. The Morgan fingerprint density at radius 2 is 2.00 bits per heavy atom. The summed E-state index contributed by atoms with van der Waals surface area (Å²) >= 11 is 0. The quantitative estimate of drug-likeness (QED) is 0.437. The Morgan fingerprint density at radius 1 is 1.38 bits per heavy atom. The molecule has 0 saturated carbocycles. The van der Waals surface area contributed by atoms with Gasteiger partial charge in [-0.2, -0.15) is 0 Å². The first-order valence-electron chi connectivity index (χ1n) is 4.67. The molecule has 0 aliphatic rings. The van der Waals surface area contributed by atoms with Gasteiger partial charge in [-0.1, -0.05) is 30.3 Å². The van der Waals surface area contributed by atoms with Crippen LogP contribution < -0.4 is 10.9 Å². The minimum atomic E-state index is -1.26. The van der Waals surface area contributed by atoms with E-state index in [0.29, 0.717) is 5.70 Å². The highest BCUT2D eigenvalue weighted by molar-refractivity contribution is 6.40. The lowest BCUT2D eigenvalue weighted by Crippen LogP contribution is -2.27. The van der Waals surface area contributed by atoms with Gasteiger partial charge in [0.15, 0.2) is 0 Å².